The number of alkyl carbamates (subject to hydrolysis) is 1. The second-order valence-corrected chi connectivity index (χ2v) is 8.80. The van der Waals surface area contributed by atoms with E-state index in [4.69, 9.17) is 9.57 Å². The predicted molar refractivity (Wildman–Crippen MR) is 133 cm³/mol. The standard InChI is InChI=1S/C28H30N2O5/c1-17-13-19(31)14-18(2)24(17)15-26(27(32)30(3)34-4)29-28(33)35-16-25-22-11-7-5-9-20(22)21-10-6-8-12-23(21)25/h5-14,25-26,31H,15-16H2,1-4H3,(H,29,33)/t26-/m0/s1. The van der Waals surface area contributed by atoms with Crippen LogP contribution in [0.3, 0.4) is 0 Å². The van der Waals surface area contributed by atoms with Gasteiger partial charge >= 0.3 is 6.09 Å². The van der Waals surface area contributed by atoms with Crippen molar-refractivity contribution in [2.45, 2.75) is 32.2 Å². The van der Waals surface area contributed by atoms with Gasteiger partial charge in [0.25, 0.3) is 5.91 Å². The van der Waals surface area contributed by atoms with Crippen LogP contribution in [-0.4, -0.2) is 49.0 Å². The molecule has 182 valence electrons. The van der Waals surface area contributed by atoms with Crippen LogP contribution in [0, 0.1) is 13.8 Å². The number of amides is 2. The molecule has 0 saturated carbocycles. The number of nitrogens with one attached hydrogen (secondary N) is 1. The summed E-state index contributed by atoms with van der Waals surface area (Å²) in [6, 6.07) is 18.6. The van der Waals surface area contributed by atoms with Crippen LogP contribution in [0.4, 0.5) is 4.79 Å². The Hall–Kier alpha value is -3.84. The lowest BCUT2D eigenvalue weighted by Crippen LogP contribution is -2.48. The Morgan fingerprint density at radius 1 is 1.00 bits per heavy atom. The summed E-state index contributed by atoms with van der Waals surface area (Å²) in [4.78, 5) is 30.9. The minimum Gasteiger partial charge on any atom is -0.508 e. The highest BCUT2D eigenvalue weighted by molar-refractivity contribution is 5.85. The van der Waals surface area contributed by atoms with E-state index in [2.05, 4.69) is 29.6 Å². The first-order valence-electron chi connectivity index (χ1n) is 11.5. The number of nitrogens with zero attached hydrogens (tertiary/aromatic N) is 1. The summed E-state index contributed by atoms with van der Waals surface area (Å²) < 4.78 is 5.65. The average molecular weight is 475 g/mol. The number of fused-ring (bicyclic) bond motifs is 3. The molecule has 0 bridgehead atoms. The Kier molecular flexibility index (Phi) is 7.07. The first kappa shape index (κ1) is 24.3. The van der Waals surface area contributed by atoms with E-state index in [0.717, 1.165) is 44.0 Å². The molecular formula is C28H30N2O5. The van der Waals surface area contributed by atoms with Gasteiger partial charge in [0.05, 0.1) is 7.11 Å². The zero-order chi connectivity index (χ0) is 25.1. The molecule has 0 aliphatic heterocycles. The number of phenols is 1. The van der Waals surface area contributed by atoms with Crippen molar-refractivity contribution >= 4 is 12.0 Å². The lowest BCUT2D eigenvalue weighted by atomic mass is 9.95. The number of ether oxygens (including phenoxy) is 1. The molecular weight excluding hydrogens is 444 g/mol. The summed E-state index contributed by atoms with van der Waals surface area (Å²) in [5, 5.41) is 13.7. The molecule has 35 heavy (non-hydrogen) atoms. The quantitative estimate of drug-likeness (QED) is 0.493. The van der Waals surface area contributed by atoms with E-state index in [9.17, 15) is 14.7 Å². The summed E-state index contributed by atoms with van der Waals surface area (Å²) >= 11 is 0. The molecule has 3 aromatic rings. The molecule has 0 saturated heterocycles. The van der Waals surface area contributed by atoms with Crippen molar-refractivity contribution in [2.24, 2.45) is 0 Å². The van der Waals surface area contributed by atoms with Crippen molar-refractivity contribution in [1.29, 1.82) is 0 Å². The molecule has 1 aliphatic rings. The van der Waals surface area contributed by atoms with Gasteiger partial charge in [-0.3, -0.25) is 9.63 Å². The molecule has 0 fully saturated rings. The van der Waals surface area contributed by atoms with Crippen LogP contribution in [0.5, 0.6) is 5.75 Å². The van der Waals surface area contributed by atoms with Gasteiger partial charge in [0.1, 0.15) is 18.4 Å². The van der Waals surface area contributed by atoms with Crippen LogP contribution in [0.2, 0.25) is 0 Å². The first-order valence-corrected chi connectivity index (χ1v) is 11.5. The van der Waals surface area contributed by atoms with Crippen molar-refractivity contribution in [3.05, 3.63) is 88.5 Å². The zero-order valence-corrected chi connectivity index (χ0v) is 20.4. The van der Waals surface area contributed by atoms with Crippen molar-refractivity contribution < 1.29 is 24.3 Å². The van der Waals surface area contributed by atoms with Gasteiger partial charge in [0, 0.05) is 19.4 Å². The molecule has 2 amide bonds. The summed E-state index contributed by atoms with van der Waals surface area (Å²) in [7, 11) is 2.88. The van der Waals surface area contributed by atoms with Gasteiger partial charge in [0.2, 0.25) is 0 Å². The summed E-state index contributed by atoms with van der Waals surface area (Å²) in [6.07, 6.45) is -0.446. The topological polar surface area (TPSA) is 88.1 Å². The maximum Gasteiger partial charge on any atom is 0.407 e. The molecule has 7 nitrogen and oxygen atoms in total. The number of hydrogen-bond donors (Lipinski definition) is 2. The largest absolute Gasteiger partial charge is 0.508 e. The van der Waals surface area contributed by atoms with E-state index in [1.807, 2.05) is 38.1 Å². The van der Waals surface area contributed by atoms with Crippen molar-refractivity contribution in [1.82, 2.24) is 10.4 Å². The Morgan fingerprint density at radius 3 is 2.09 bits per heavy atom. The lowest BCUT2D eigenvalue weighted by molar-refractivity contribution is -0.170. The Morgan fingerprint density at radius 2 is 1.54 bits per heavy atom. The number of benzene rings is 3. The maximum absolute atomic E-state index is 13.0. The van der Waals surface area contributed by atoms with E-state index in [1.54, 1.807) is 12.1 Å². The van der Waals surface area contributed by atoms with Gasteiger partial charge in [-0.15, -0.1) is 0 Å². The number of aryl methyl sites for hydroxylation is 2. The van der Waals surface area contributed by atoms with Crippen LogP contribution >= 0.6 is 0 Å². The third kappa shape index (κ3) is 5.00. The molecule has 1 atom stereocenters. The van der Waals surface area contributed by atoms with Crippen molar-refractivity contribution in [2.75, 3.05) is 20.8 Å². The first-order chi connectivity index (χ1) is 16.8. The predicted octanol–water partition coefficient (Wildman–Crippen LogP) is 4.48. The third-order valence-corrected chi connectivity index (χ3v) is 6.61. The molecule has 0 heterocycles. The fourth-order valence-corrected chi connectivity index (χ4v) is 4.79. The van der Waals surface area contributed by atoms with E-state index < -0.39 is 18.0 Å². The molecule has 3 aromatic carbocycles. The lowest BCUT2D eigenvalue weighted by Gasteiger charge is -2.24. The van der Waals surface area contributed by atoms with E-state index in [0.29, 0.717) is 0 Å². The Bertz CT molecular complexity index is 1190. The van der Waals surface area contributed by atoms with Gasteiger partial charge < -0.3 is 15.2 Å². The van der Waals surface area contributed by atoms with Crippen LogP contribution in [-0.2, 0) is 20.8 Å². The van der Waals surface area contributed by atoms with Crippen molar-refractivity contribution in [3.63, 3.8) is 0 Å². The molecule has 0 spiro atoms. The minimum atomic E-state index is -0.905. The number of carbonyl (C=O) groups is 2. The number of aromatic hydroxyl groups is 1. The second kappa shape index (κ2) is 10.2. The van der Waals surface area contributed by atoms with Crippen LogP contribution in [0.25, 0.3) is 11.1 Å². The normalized spacial score (nSPS) is 13.0. The summed E-state index contributed by atoms with van der Waals surface area (Å²) in [6.45, 7) is 3.87. The number of likely N-dealkylation sites (N-methyl/N-ethyl adjacent to an activating group) is 1. The molecule has 4 rings (SSSR count). The fraction of sp³-hybridized carbons (Fsp3) is 0.286. The molecule has 2 N–H and O–H groups in total. The van der Waals surface area contributed by atoms with Crippen LogP contribution < -0.4 is 5.32 Å². The molecule has 0 unspecified atom stereocenters. The summed E-state index contributed by atoms with van der Waals surface area (Å²) in [5.74, 6) is -0.330. The number of carbonyl (C=O) groups excluding carboxylic acids is 2. The van der Waals surface area contributed by atoms with Gasteiger partial charge in [-0.05, 0) is 64.9 Å². The molecule has 7 heteroatoms. The number of hydrogen-bond acceptors (Lipinski definition) is 5. The zero-order valence-electron chi connectivity index (χ0n) is 20.4. The maximum atomic E-state index is 13.0. The van der Waals surface area contributed by atoms with E-state index in [-0.39, 0.29) is 24.7 Å². The van der Waals surface area contributed by atoms with E-state index in [1.165, 1.54) is 14.2 Å². The second-order valence-electron chi connectivity index (χ2n) is 8.80. The number of hydroxylamine groups is 2. The SMILES string of the molecule is CON(C)C(=O)[C@H](Cc1c(C)cc(O)cc1C)NC(=O)OCC1c2ccccc2-c2ccccc21. The number of phenolic OH excluding ortho intramolecular Hbond substituents is 1. The highest BCUT2D eigenvalue weighted by Crippen LogP contribution is 2.44. The van der Waals surface area contributed by atoms with Gasteiger partial charge in [-0.1, -0.05) is 48.5 Å². The third-order valence-electron chi connectivity index (χ3n) is 6.61. The molecule has 1 aliphatic carbocycles. The van der Waals surface area contributed by atoms with Crippen LogP contribution in [0.1, 0.15) is 33.7 Å². The molecule has 0 radical (unpaired) electrons. The Balaban J connectivity index is 1.50. The highest BCUT2D eigenvalue weighted by atomic mass is 16.7. The fourth-order valence-electron chi connectivity index (χ4n) is 4.79. The number of rotatable bonds is 7. The molecule has 0 aromatic heterocycles. The van der Waals surface area contributed by atoms with Crippen LogP contribution in [0.15, 0.2) is 60.7 Å². The smallest absolute Gasteiger partial charge is 0.407 e. The van der Waals surface area contributed by atoms with Gasteiger partial charge in [-0.25, -0.2) is 9.86 Å². The summed E-state index contributed by atoms with van der Waals surface area (Å²) in [5.41, 5.74) is 7.04. The minimum absolute atomic E-state index is 0.0782. The highest BCUT2D eigenvalue weighted by Gasteiger charge is 2.31. The van der Waals surface area contributed by atoms with E-state index >= 15 is 0 Å². The van der Waals surface area contributed by atoms with Crippen molar-refractivity contribution in [3.8, 4) is 16.9 Å². The Labute approximate surface area is 205 Å². The van der Waals surface area contributed by atoms with Gasteiger partial charge in [0.15, 0.2) is 0 Å². The monoisotopic (exact) mass is 474 g/mol. The average Bonchev–Trinajstić information content (AvgIpc) is 3.17. The van der Waals surface area contributed by atoms with Gasteiger partial charge in [-0.2, -0.15) is 0 Å².